The van der Waals surface area contributed by atoms with Gasteiger partial charge in [-0.2, -0.15) is 0 Å². The Labute approximate surface area is 450 Å². The molecular formula is C67H110O6. The fourth-order valence-corrected chi connectivity index (χ4v) is 7.97. The molecule has 0 amide bonds. The Morgan fingerprint density at radius 2 is 0.534 bits per heavy atom. The van der Waals surface area contributed by atoms with E-state index < -0.39 is 6.10 Å². The average molecular weight is 1010 g/mol. The summed E-state index contributed by atoms with van der Waals surface area (Å²) in [5, 5.41) is 0. The average Bonchev–Trinajstić information content (AvgIpc) is 3.39. The lowest BCUT2D eigenvalue weighted by Crippen LogP contribution is -2.30. The standard InChI is InChI=1S/C67H110O6/c1-4-7-10-13-16-19-22-24-26-28-30-32-33-35-36-38-40-42-45-48-51-54-57-60-66(69)72-63-64(62-71-65(68)59-56-53-50-47-44-21-18-15-12-9-6-3)73-67(70)61-58-55-52-49-46-43-41-39-37-34-31-29-27-25-23-20-17-14-11-8-5-2/h7-8,10-11,15-20,24-27,30-32,34,39,41,64H,4-6,9,12-14,21-23,28-29,33,35-38,40,42-63H2,1-3H3/b10-7-,11-8-,18-15-,19-16-,20-17-,26-24-,27-25-,32-30-,34-31-,41-39-. The third-order valence-corrected chi connectivity index (χ3v) is 12.4. The molecule has 0 rings (SSSR count). The molecule has 0 fully saturated rings. The molecule has 0 aliphatic carbocycles. The molecule has 0 N–H and O–H groups in total. The van der Waals surface area contributed by atoms with Crippen molar-refractivity contribution >= 4 is 17.9 Å². The van der Waals surface area contributed by atoms with Crippen LogP contribution in [0.3, 0.4) is 0 Å². The molecule has 1 unspecified atom stereocenters. The molecule has 0 bridgehead atoms. The van der Waals surface area contributed by atoms with E-state index >= 15 is 0 Å². The predicted molar refractivity (Wildman–Crippen MR) is 316 cm³/mol. The van der Waals surface area contributed by atoms with Gasteiger partial charge >= 0.3 is 17.9 Å². The summed E-state index contributed by atoms with van der Waals surface area (Å²) < 4.78 is 16.9. The highest BCUT2D eigenvalue weighted by Gasteiger charge is 2.19. The van der Waals surface area contributed by atoms with Gasteiger partial charge in [-0.1, -0.05) is 245 Å². The first-order chi connectivity index (χ1) is 36.0. The molecule has 6 nitrogen and oxygen atoms in total. The molecule has 0 heterocycles. The number of unbranched alkanes of at least 4 members (excludes halogenated alkanes) is 22. The molecule has 1 atom stereocenters. The van der Waals surface area contributed by atoms with Gasteiger partial charge in [0.25, 0.3) is 0 Å². The number of hydrogen-bond donors (Lipinski definition) is 0. The maximum atomic E-state index is 12.9. The van der Waals surface area contributed by atoms with E-state index in [1.165, 1.54) is 77.0 Å². The van der Waals surface area contributed by atoms with Crippen LogP contribution in [0, 0.1) is 0 Å². The zero-order valence-corrected chi connectivity index (χ0v) is 47.4. The Morgan fingerprint density at radius 1 is 0.288 bits per heavy atom. The molecule has 0 aromatic carbocycles. The number of carbonyl (C=O) groups is 3. The second kappa shape index (κ2) is 60.4. The molecule has 0 radical (unpaired) electrons. The summed E-state index contributed by atoms with van der Waals surface area (Å²) >= 11 is 0. The summed E-state index contributed by atoms with van der Waals surface area (Å²) in [5.74, 6) is -0.926. The number of esters is 3. The molecule has 0 aliphatic heterocycles. The van der Waals surface area contributed by atoms with Crippen LogP contribution in [-0.4, -0.2) is 37.2 Å². The number of ether oxygens (including phenoxy) is 3. The summed E-state index contributed by atoms with van der Waals surface area (Å²) in [6.45, 7) is 6.35. The van der Waals surface area contributed by atoms with Crippen molar-refractivity contribution in [1.29, 1.82) is 0 Å². The second-order valence-corrected chi connectivity index (χ2v) is 19.5. The molecule has 0 aromatic heterocycles. The van der Waals surface area contributed by atoms with E-state index in [-0.39, 0.29) is 31.1 Å². The van der Waals surface area contributed by atoms with E-state index in [1.54, 1.807) is 0 Å². The highest BCUT2D eigenvalue weighted by atomic mass is 16.6. The fourth-order valence-electron chi connectivity index (χ4n) is 7.97. The van der Waals surface area contributed by atoms with Crippen molar-refractivity contribution < 1.29 is 28.6 Å². The zero-order valence-electron chi connectivity index (χ0n) is 47.4. The molecular weight excluding hydrogens is 901 g/mol. The summed E-state index contributed by atoms with van der Waals surface area (Å²) in [6, 6.07) is 0. The minimum Gasteiger partial charge on any atom is -0.462 e. The van der Waals surface area contributed by atoms with Crippen molar-refractivity contribution in [3.63, 3.8) is 0 Å². The molecule has 0 saturated carbocycles. The van der Waals surface area contributed by atoms with Gasteiger partial charge in [-0.15, -0.1) is 0 Å². The Bertz CT molecular complexity index is 1540. The van der Waals surface area contributed by atoms with Crippen LogP contribution in [-0.2, 0) is 28.6 Å². The minimum absolute atomic E-state index is 0.0933. The first-order valence-electron chi connectivity index (χ1n) is 30.0. The lowest BCUT2D eigenvalue weighted by atomic mass is 10.1. The molecule has 414 valence electrons. The maximum Gasteiger partial charge on any atom is 0.306 e. The monoisotopic (exact) mass is 1010 g/mol. The van der Waals surface area contributed by atoms with Gasteiger partial charge in [-0.3, -0.25) is 14.4 Å². The van der Waals surface area contributed by atoms with E-state index in [1.807, 2.05) is 0 Å². The van der Waals surface area contributed by atoms with E-state index in [0.29, 0.717) is 19.3 Å². The molecule has 0 saturated heterocycles. The highest BCUT2D eigenvalue weighted by molar-refractivity contribution is 5.71. The summed E-state index contributed by atoms with van der Waals surface area (Å²) in [5.41, 5.74) is 0. The van der Waals surface area contributed by atoms with Crippen LogP contribution in [0.25, 0.3) is 0 Å². The van der Waals surface area contributed by atoms with Crippen LogP contribution < -0.4 is 0 Å². The largest absolute Gasteiger partial charge is 0.462 e. The van der Waals surface area contributed by atoms with Gasteiger partial charge < -0.3 is 14.2 Å². The quantitative estimate of drug-likeness (QED) is 0.0261. The van der Waals surface area contributed by atoms with Crippen LogP contribution in [0.2, 0.25) is 0 Å². The number of carbonyl (C=O) groups excluding carboxylic acids is 3. The van der Waals surface area contributed by atoms with Crippen molar-refractivity contribution in [2.75, 3.05) is 13.2 Å². The normalized spacial score (nSPS) is 13.0. The van der Waals surface area contributed by atoms with Gasteiger partial charge in [-0.05, 0) is 122 Å². The minimum atomic E-state index is -0.797. The lowest BCUT2D eigenvalue weighted by molar-refractivity contribution is -0.167. The first-order valence-corrected chi connectivity index (χ1v) is 30.0. The van der Waals surface area contributed by atoms with Gasteiger partial charge in [0.05, 0.1) is 0 Å². The van der Waals surface area contributed by atoms with Crippen molar-refractivity contribution in [2.24, 2.45) is 0 Å². The van der Waals surface area contributed by atoms with Crippen molar-refractivity contribution in [3.8, 4) is 0 Å². The van der Waals surface area contributed by atoms with Gasteiger partial charge in [0.2, 0.25) is 0 Å². The summed E-state index contributed by atoms with van der Waals surface area (Å²) in [4.78, 5) is 38.2. The Morgan fingerprint density at radius 3 is 0.849 bits per heavy atom. The van der Waals surface area contributed by atoms with Crippen LogP contribution in [0.4, 0.5) is 0 Å². The first kappa shape index (κ1) is 68.8. The molecule has 6 heteroatoms. The number of allylic oxidation sites excluding steroid dienone is 20. The molecule has 0 aromatic rings. The number of rotatable bonds is 53. The van der Waals surface area contributed by atoms with Gasteiger partial charge in [0, 0.05) is 19.3 Å². The third-order valence-electron chi connectivity index (χ3n) is 12.4. The van der Waals surface area contributed by atoms with Crippen LogP contribution in [0.5, 0.6) is 0 Å². The molecule has 0 spiro atoms. The Kier molecular flexibility index (Phi) is 56.9. The Hall–Kier alpha value is -4.19. The molecule has 0 aliphatic rings. The summed E-state index contributed by atoms with van der Waals surface area (Å²) in [7, 11) is 0. The van der Waals surface area contributed by atoms with E-state index in [2.05, 4.69) is 142 Å². The van der Waals surface area contributed by atoms with Crippen LogP contribution in [0.15, 0.2) is 122 Å². The van der Waals surface area contributed by atoms with E-state index in [0.717, 1.165) is 148 Å². The number of hydrogen-bond acceptors (Lipinski definition) is 6. The van der Waals surface area contributed by atoms with Gasteiger partial charge in [0.15, 0.2) is 6.10 Å². The van der Waals surface area contributed by atoms with Crippen LogP contribution in [0.1, 0.15) is 265 Å². The second-order valence-electron chi connectivity index (χ2n) is 19.5. The zero-order chi connectivity index (χ0) is 52.9. The lowest BCUT2D eigenvalue weighted by Gasteiger charge is -2.18. The fraction of sp³-hybridized carbons (Fsp3) is 0.657. The third kappa shape index (κ3) is 58.6. The predicted octanol–water partition coefficient (Wildman–Crippen LogP) is 20.4. The van der Waals surface area contributed by atoms with Gasteiger partial charge in [-0.25, -0.2) is 0 Å². The van der Waals surface area contributed by atoms with Crippen LogP contribution >= 0.6 is 0 Å². The van der Waals surface area contributed by atoms with Gasteiger partial charge in [0.1, 0.15) is 13.2 Å². The van der Waals surface area contributed by atoms with E-state index in [9.17, 15) is 14.4 Å². The topological polar surface area (TPSA) is 78.9 Å². The van der Waals surface area contributed by atoms with E-state index in [4.69, 9.17) is 14.2 Å². The highest BCUT2D eigenvalue weighted by Crippen LogP contribution is 2.15. The maximum absolute atomic E-state index is 12.9. The smallest absolute Gasteiger partial charge is 0.306 e. The van der Waals surface area contributed by atoms with Crippen molar-refractivity contribution in [1.82, 2.24) is 0 Å². The van der Waals surface area contributed by atoms with Crippen molar-refractivity contribution in [3.05, 3.63) is 122 Å². The SMILES string of the molecule is CC/C=C\C/C=C\C/C=C\C/C=C\C/C=C\CCCCCCCC(=O)OC(COC(=O)CCCCCCC/C=C\CCCC)COC(=O)CCCCCCCCCCCC/C=C\C/C=C\C/C=C\C/C=C\CC. The van der Waals surface area contributed by atoms with Crippen molar-refractivity contribution in [2.45, 2.75) is 271 Å². The summed E-state index contributed by atoms with van der Waals surface area (Å²) in [6.07, 6.45) is 83.4. The Balaban J connectivity index is 4.37. The molecule has 73 heavy (non-hydrogen) atoms.